The second kappa shape index (κ2) is 8.26. The van der Waals surface area contributed by atoms with Crippen LogP contribution in [0.5, 0.6) is 0 Å². The Bertz CT molecular complexity index is 1220. The van der Waals surface area contributed by atoms with E-state index in [-0.39, 0.29) is 18.4 Å². The molecule has 2 N–H and O–H groups in total. The molecular formula is C23H25N7O2. The lowest BCUT2D eigenvalue weighted by atomic mass is 9.84. The number of hydrogen-bond donors (Lipinski definition) is 1. The first-order valence-electron chi connectivity index (χ1n) is 10.1. The zero-order valence-corrected chi connectivity index (χ0v) is 18.5. The van der Waals surface area contributed by atoms with Crippen LogP contribution in [0.15, 0.2) is 59.7 Å². The Morgan fingerprint density at radius 2 is 1.75 bits per heavy atom. The van der Waals surface area contributed by atoms with E-state index in [1.54, 1.807) is 49.8 Å². The Morgan fingerprint density at radius 1 is 1.06 bits per heavy atom. The Balaban J connectivity index is 1.53. The van der Waals surface area contributed by atoms with E-state index in [2.05, 4.69) is 28.9 Å². The van der Waals surface area contributed by atoms with Gasteiger partial charge in [-0.15, -0.1) is 0 Å². The second-order valence-electron chi connectivity index (χ2n) is 8.28. The van der Waals surface area contributed by atoms with Gasteiger partial charge in [-0.05, 0) is 25.0 Å². The summed E-state index contributed by atoms with van der Waals surface area (Å²) in [6.07, 6.45) is 8.50. The van der Waals surface area contributed by atoms with Crippen molar-refractivity contribution in [2.45, 2.75) is 25.8 Å². The molecule has 0 saturated carbocycles. The van der Waals surface area contributed by atoms with Gasteiger partial charge < -0.3 is 15.1 Å². The van der Waals surface area contributed by atoms with Crippen molar-refractivity contribution in [3.05, 3.63) is 66.8 Å². The summed E-state index contributed by atoms with van der Waals surface area (Å²) in [7, 11) is 3.43. The molecule has 9 nitrogen and oxygen atoms in total. The number of anilines is 1. The quantitative estimate of drug-likeness (QED) is 0.499. The third kappa shape index (κ3) is 4.22. The number of likely N-dealkylation sites (N-methyl/N-ethyl adjacent to an activating group) is 1. The van der Waals surface area contributed by atoms with Crippen molar-refractivity contribution in [1.29, 1.82) is 0 Å². The number of amides is 1. The number of aromatic nitrogens is 5. The molecule has 0 radical (unpaired) electrons. The number of nitrogens with two attached hydrogens (primary N) is 1. The van der Waals surface area contributed by atoms with Gasteiger partial charge in [0.15, 0.2) is 0 Å². The zero-order chi connectivity index (χ0) is 22.9. The van der Waals surface area contributed by atoms with Crippen LogP contribution in [0.1, 0.15) is 25.3 Å². The van der Waals surface area contributed by atoms with Gasteiger partial charge in [-0.1, -0.05) is 24.3 Å². The van der Waals surface area contributed by atoms with Crippen molar-refractivity contribution in [2.24, 2.45) is 0 Å². The van der Waals surface area contributed by atoms with Gasteiger partial charge in [-0.25, -0.2) is 15.0 Å². The molecule has 3 aromatic heterocycles. The van der Waals surface area contributed by atoms with Crippen LogP contribution in [-0.4, -0.2) is 49.6 Å². The van der Waals surface area contributed by atoms with E-state index in [0.29, 0.717) is 11.6 Å². The van der Waals surface area contributed by atoms with Gasteiger partial charge in [0.1, 0.15) is 18.5 Å². The number of carbonyl (C=O) groups excluding carboxylic acids is 1. The van der Waals surface area contributed by atoms with E-state index in [9.17, 15) is 4.79 Å². The number of hydrogen-bond acceptors (Lipinski definition) is 7. The molecule has 9 heteroatoms. The van der Waals surface area contributed by atoms with Crippen molar-refractivity contribution in [2.75, 3.05) is 19.8 Å². The molecule has 164 valence electrons. The van der Waals surface area contributed by atoms with Crippen LogP contribution in [0.3, 0.4) is 0 Å². The molecule has 0 aliphatic carbocycles. The summed E-state index contributed by atoms with van der Waals surface area (Å²) in [6, 6.07) is 8.12. The number of benzene rings is 1. The SMILES string of the molecule is CN(C)C(=O)Cn1cc(-c2coc(C(C)(C)c3ccc(-c4cnc(N)nc4)cc3)n2)cn1. The molecule has 4 rings (SSSR count). The Kier molecular flexibility index (Phi) is 5.48. The number of carbonyl (C=O) groups is 1. The largest absolute Gasteiger partial charge is 0.447 e. The molecule has 3 heterocycles. The smallest absolute Gasteiger partial charge is 0.243 e. The predicted octanol–water partition coefficient (Wildman–Crippen LogP) is 2.99. The third-order valence-electron chi connectivity index (χ3n) is 5.38. The highest BCUT2D eigenvalue weighted by molar-refractivity contribution is 5.75. The van der Waals surface area contributed by atoms with Gasteiger partial charge in [-0.2, -0.15) is 5.10 Å². The Morgan fingerprint density at radius 3 is 2.41 bits per heavy atom. The van der Waals surface area contributed by atoms with Gasteiger partial charge in [-0.3, -0.25) is 9.48 Å². The maximum atomic E-state index is 11.9. The van der Waals surface area contributed by atoms with Crippen LogP contribution >= 0.6 is 0 Å². The minimum atomic E-state index is -0.453. The average Bonchev–Trinajstić information content (AvgIpc) is 3.44. The lowest BCUT2D eigenvalue weighted by Crippen LogP contribution is -2.26. The van der Waals surface area contributed by atoms with Gasteiger partial charge in [0.25, 0.3) is 0 Å². The van der Waals surface area contributed by atoms with Crippen molar-refractivity contribution in [3.8, 4) is 22.4 Å². The first-order chi connectivity index (χ1) is 15.2. The zero-order valence-electron chi connectivity index (χ0n) is 18.5. The molecule has 0 saturated heterocycles. The van der Waals surface area contributed by atoms with Crippen LogP contribution in [-0.2, 0) is 16.8 Å². The molecule has 0 aliphatic rings. The Labute approximate surface area is 185 Å². The summed E-state index contributed by atoms with van der Waals surface area (Å²) >= 11 is 0. The van der Waals surface area contributed by atoms with Crippen molar-refractivity contribution >= 4 is 11.9 Å². The molecule has 32 heavy (non-hydrogen) atoms. The first-order valence-corrected chi connectivity index (χ1v) is 10.1. The van der Waals surface area contributed by atoms with Crippen LogP contribution in [0.25, 0.3) is 22.4 Å². The fraction of sp³-hybridized carbons (Fsp3) is 0.261. The van der Waals surface area contributed by atoms with Crippen LogP contribution in [0, 0.1) is 0 Å². The minimum absolute atomic E-state index is 0.0318. The van der Waals surface area contributed by atoms with Gasteiger partial charge in [0.05, 0.1) is 11.6 Å². The normalized spacial score (nSPS) is 11.5. The molecule has 0 fully saturated rings. The van der Waals surface area contributed by atoms with Gasteiger partial charge in [0.2, 0.25) is 17.7 Å². The molecular weight excluding hydrogens is 406 g/mol. The Hall–Kier alpha value is -4.01. The van der Waals surface area contributed by atoms with Gasteiger partial charge >= 0.3 is 0 Å². The van der Waals surface area contributed by atoms with E-state index in [1.807, 2.05) is 24.3 Å². The maximum absolute atomic E-state index is 11.9. The summed E-state index contributed by atoms with van der Waals surface area (Å²) in [4.78, 5) is 26.2. The fourth-order valence-electron chi connectivity index (χ4n) is 3.25. The van der Waals surface area contributed by atoms with Crippen molar-refractivity contribution in [3.63, 3.8) is 0 Å². The van der Waals surface area contributed by atoms with Crippen LogP contribution < -0.4 is 5.73 Å². The minimum Gasteiger partial charge on any atom is -0.447 e. The van der Waals surface area contributed by atoms with E-state index in [4.69, 9.17) is 15.1 Å². The molecule has 1 aromatic carbocycles. The van der Waals surface area contributed by atoms with Crippen LogP contribution in [0.4, 0.5) is 5.95 Å². The fourth-order valence-corrected chi connectivity index (χ4v) is 3.25. The monoisotopic (exact) mass is 431 g/mol. The van der Waals surface area contributed by atoms with Crippen molar-refractivity contribution < 1.29 is 9.21 Å². The van der Waals surface area contributed by atoms with Crippen molar-refractivity contribution in [1.82, 2.24) is 29.6 Å². The standard InChI is InChI=1S/C23H25N7O2/c1-23(2,18-7-5-15(6-8-18)16-9-25-22(24)26-10-16)21-28-19(14-32-21)17-11-27-30(12-17)13-20(31)29(3)4/h5-12,14H,13H2,1-4H3,(H2,24,25,26). The lowest BCUT2D eigenvalue weighted by Gasteiger charge is -2.21. The predicted molar refractivity (Wildman–Crippen MR) is 120 cm³/mol. The molecule has 0 aliphatic heterocycles. The molecule has 0 spiro atoms. The van der Waals surface area contributed by atoms with E-state index < -0.39 is 5.41 Å². The number of rotatable bonds is 6. The third-order valence-corrected chi connectivity index (χ3v) is 5.38. The molecule has 1 amide bonds. The molecule has 4 aromatic rings. The van der Waals surface area contributed by atoms with E-state index in [0.717, 1.165) is 22.3 Å². The summed E-state index contributed by atoms with van der Waals surface area (Å²) in [6.45, 7) is 4.29. The van der Waals surface area contributed by atoms with Crippen LogP contribution in [0.2, 0.25) is 0 Å². The number of oxazole rings is 1. The summed E-state index contributed by atoms with van der Waals surface area (Å²) in [5.74, 6) is 0.810. The summed E-state index contributed by atoms with van der Waals surface area (Å²) in [5, 5.41) is 4.26. The van der Waals surface area contributed by atoms with E-state index in [1.165, 1.54) is 4.90 Å². The highest BCUT2D eigenvalue weighted by Gasteiger charge is 2.29. The number of nitrogen functional groups attached to an aromatic ring is 1. The van der Waals surface area contributed by atoms with Gasteiger partial charge in [0, 0.05) is 43.8 Å². The molecule has 0 bridgehead atoms. The van der Waals surface area contributed by atoms with E-state index >= 15 is 0 Å². The first kappa shape index (κ1) is 21.2. The molecule has 0 unspecified atom stereocenters. The number of nitrogens with zero attached hydrogens (tertiary/aromatic N) is 6. The molecule has 0 atom stereocenters. The topological polar surface area (TPSA) is 116 Å². The average molecular weight is 432 g/mol. The highest BCUT2D eigenvalue weighted by Crippen LogP contribution is 2.33. The highest BCUT2D eigenvalue weighted by atomic mass is 16.3. The second-order valence-corrected chi connectivity index (χ2v) is 8.28. The lowest BCUT2D eigenvalue weighted by molar-refractivity contribution is -0.129. The maximum Gasteiger partial charge on any atom is 0.243 e. The summed E-state index contributed by atoms with van der Waals surface area (Å²) < 4.78 is 7.43. The summed E-state index contributed by atoms with van der Waals surface area (Å²) in [5.41, 5.74) is 9.53.